The van der Waals surface area contributed by atoms with Gasteiger partial charge in [0, 0.05) is 17.1 Å². The SMILES string of the molecule is CCCc1ncc(C(C)N)s1. The summed E-state index contributed by atoms with van der Waals surface area (Å²) >= 11 is 1.73. The second kappa shape index (κ2) is 3.83. The van der Waals surface area contributed by atoms with Crippen LogP contribution in [0.4, 0.5) is 0 Å². The first kappa shape index (κ1) is 8.68. The van der Waals surface area contributed by atoms with Crippen LogP contribution in [0, 0.1) is 0 Å². The summed E-state index contributed by atoms with van der Waals surface area (Å²) in [5.41, 5.74) is 5.69. The lowest BCUT2D eigenvalue weighted by atomic mass is 10.3. The summed E-state index contributed by atoms with van der Waals surface area (Å²) in [5, 5.41) is 1.21. The van der Waals surface area contributed by atoms with E-state index >= 15 is 0 Å². The van der Waals surface area contributed by atoms with Gasteiger partial charge in [-0.05, 0) is 19.8 Å². The zero-order chi connectivity index (χ0) is 8.27. The van der Waals surface area contributed by atoms with Crippen molar-refractivity contribution in [2.24, 2.45) is 5.73 Å². The van der Waals surface area contributed by atoms with Crippen LogP contribution in [0.2, 0.25) is 0 Å². The van der Waals surface area contributed by atoms with Crippen molar-refractivity contribution in [1.82, 2.24) is 4.98 Å². The van der Waals surface area contributed by atoms with Crippen LogP contribution in [0.1, 0.15) is 36.2 Å². The van der Waals surface area contributed by atoms with Crippen molar-refractivity contribution in [3.05, 3.63) is 16.1 Å². The van der Waals surface area contributed by atoms with E-state index in [4.69, 9.17) is 5.73 Å². The van der Waals surface area contributed by atoms with Gasteiger partial charge < -0.3 is 5.73 Å². The van der Waals surface area contributed by atoms with Gasteiger partial charge in [-0.1, -0.05) is 6.92 Å². The largest absolute Gasteiger partial charge is 0.323 e. The molecule has 1 rings (SSSR count). The highest BCUT2D eigenvalue weighted by Crippen LogP contribution is 2.19. The van der Waals surface area contributed by atoms with Crippen LogP contribution in [0.3, 0.4) is 0 Å². The number of aromatic nitrogens is 1. The van der Waals surface area contributed by atoms with E-state index in [9.17, 15) is 0 Å². The fraction of sp³-hybridized carbons (Fsp3) is 0.625. The first-order chi connectivity index (χ1) is 5.24. The minimum Gasteiger partial charge on any atom is -0.323 e. The van der Waals surface area contributed by atoms with Gasteiger partial charge in [-0.25, -0.2) is 4.98 Å². The summed E-state index contributed by atoms with van der Waals surface area (Å²) in [6.07, 6.45) is 4.13. The summed E-state index contributed by atoms with van der Waals surface area (Å²) in [7, 11) is 0. The molecule has 0 aliphatic carbocycles. The molecule has 0 bridgehead atoms. The van der Waals surface area contributed by atoms with Crippen molar-refractivity contribution >= 4 is 11.3 Å². The minimum atomic E-state index is 0.137. The van der Waals surface area contributed by atoms with Crippen molar-refractivity contribution in [3.63, 3.8) is 0 Å². The summed E-state index contributed by atoms with van der Waals surface area (Å²) in [6.45, 7) is 4.15. The van der Waals surface area contributed by atoms with Crippen molar-refractivity contribution in [2.75, 3.05) is 0 Å². The number of nitrogens with zero attached hydrogens (tertiary/aromatic N) is 1. The summed E-state index contributed by atoms with van der Waals surface area (Å²) in [6, 6.07) is 0.137. The Morgan fingerprint density at radius 1 is 1.73 bits per heavy atom. The van der Waals surface area contributed by atoms with E-state index in [1.54, 1.807) is 11.3 Å². The molecule has 62 valence electrons. The lowest BCUT2D eigenvalue weighted by Crippen LogP contribution is -2.01. The van der Waals surface area contributed by atoms with E-state index in [1.807, 2.05) is 13.1 Å². The molecule has 0 radical (unpaired) electrons. The zero-order valence-electron chi connectivity index (χ0n) is 7.00. The van der Waals surface area contributed by atoms with E-state index < -0.39 is 0 Å². The van der Waals surface area contributed by atoms with Gasteiger partial charge in [0.25, 0.3) is 0 Å². The third kappa shape index (κ3) is 2.27. The normalized spacial score (nSPS) is 13.4. The van der Waals surface area contributed by atoms with Gasteiger partial charge in [0.1, 0.15) is 0 Å². The molecule has 0 saturated carbocycles. The van der Waals surface area contributed by atoms with Gasteiger partial charge in [-0.2, -0.15) is 0 Å². The van der Waals surface area contributed by atoms with Crippen molar-refractivity contribution < 1.29 is 0 Å². The molecule has 2 N–H and O–H groups in total. The summed E-state index contributed by atoms with van der Waals surface area (Å²) in [5.74, 6) is 0. The smallest absolute Gasteiger partial charge is 0.0928 e. The molecule has 0 spiro atoms. The lowest BCUT2D eigenvalue weighted by molar-refractivity contribution is 0.834. The van der Waals surface area contributed by atoms with Gasteiger partial charge in [0.15, 0.2) is 0 Å². The predicted octanol–water partition coefficient (Wildman–Crippen LogP) is 2.12. The third-order valence-corrected chi connectivity index (χ3v) is 2.74. The van der Waals surface area contributed by atoms with Crippen LogP contribution in [0.15, 0.2) is 6.20 Å². The lowest BCUT2D eigenvalue weighted by Gasteiger charge is -1.96. The van der Waals surface area contributed by atoms with Crippen LogP contribution in [-0.4, -0.2) is 4.98 Å². The molecule has 0 saturated heterocycles. The monoisotopic (exact) mass is 170 g/mol. The Hall–Kier alpha value is -0.410. The minimum absolute atomic E-state index is 0.137. The van der Waals surface area contributed by atoms with Crippen LogP contribution < -0.4 is 5.73 Å². The van der Waals surface area contributed by atoms with Gasteiger partial charge >= 0.3 is 0 Å². The molecule has 1 heterocycles. The van der Waals surface area contributed by atoms with Crippen LogP contribution in [-0.2, 0) is 6.42 Å². The number of hydrogen-bond acceptors (Lipinski definition) is 3. The first-order valence-electron chi connectivity index (χ1n) is 3.94. The summed E-state index contributed by atoms with van der Waals surface area (Å²) in [4.78, 5) is 5.45. The van der Waals surface area contributed by atoms with Crippen LogP contribution >= 0.6 is 11.3 Å². The van der Waals surface area contributed by atoms with E-state index in [2.05, 4.69) is 11.9 Å². The average molecular weight is 170 g/mol. The van der Waals surface area contributed by atoms with E-state index in [1.165, 1.54) is 9.88 Å². The molecule has 0 amide bonds. The second-order valence-electron chi connectivity index (χ2n) is 2.70. The van der Waals surface area contributed by atoms with Crippen molar-refractivity contribution in [3.8, 4) is 0 Å². The fourth-order valence-electron chi connectivity index (χ4n) is 0.864. The Balaban J connectivity index is 2.66. The van der Waals surface area contributed by atoms with Gasteiger partial charge in [0.2, 0.25) is 0 Å². The molecular weight excluding hydrogens is 156 g/mol. The Bertz CT molecular complexity index is 218. The number of nitrogens with two attached hydrogens (primary N) is 1. The predicted molar refractivity (Wildman–Crippen MR) is 48.7 cm³/mol. The molecule has 2 nitrogen and oxygen atoms in total. The van der Waals surface area contributed by atoms with Crippen molar-refractivity contribution in [2.45, 2.75) is 32.7 Å². The quantitative estimate of drug-likeness (QED) is 0.754. The van der Waals surface area contributed by atoms with Gasteiger partial charge in [-0.15, -0.1) is 11.3 Å². The standard InChI is InChI=1S/C8H14N2S/c1-3-4-8-10-5-7(11-8)6(2)9/h5-6H,3-4,9H2,1-2H3. The summed E-state index contributed by atoms with van der Waals surface area (Å²) < 4.78 is 0. The average Bonchev–Trinajstić information content (AvgIpc) is 2.37. The molecule has 11 heavy (non-hydrogen) atoms. The Morgan fingerprint density at radius 2 is 2.45 bits per heavy atom. The van der Waals surface area contributed by atoms with Gasteiger partial charge in [0.05, 0.1) is 5.01 Å². The topological polar surface area (TPSA) is 38.9 Å². The Labute approximate surface area is 71.5 Å². The number of thiazole rings is 1. The molecule has 1 aromatic heterocycles. The molecule has 1 unspecified atom stereocenters. The van der Waals surface area contributed by atoms with Crippen LogP contribution in [0.5, 0.6) is 0 Å². The third-order valence-electron chi connectivity index (χ3n) is 1.48. The maximum Gasteiger partial charge on any atom is 0.0928 e. The molecular formula is C8H14N2S. The van der Waals surface area contributed by atoms with Gasteiger partial charge in [-0.3, -0.25) is 0 Å². The zero-order valence-corrected chi connectivity index (χ0v) is 7.82. The number of rotatable bonds is 3. The molecule has 0 fully saturated rings. The number of hydrogen-bond donors (Lipinski definition) is 1. The molecule has 1 aromatic rings. The van der Waals surface area contributed by atoms with Crippen molar-refractivity contribution in [1.29, 1.82) is 0 Å². The Morgan fingerprint density at radius 3 is 2.91 bits per heavy atom. The van der Waals surface area contributed by atoms with E-state index in [0.29, 0.717) is 0 Å². The Kier molecular flexibility index (Phi) is 3.02. The second-order valence-corrected chi connectivity index (χ2v) is 3.84. The molecule has 1 atom stereocenters. The molecule has 0 aliphatic rings. The fourth-order valence-corrected chi connectivity index (χ4v) is 1.84. The number of aryl methyl sites for hydroxylation is 1. The van der Waals surface area contributed by atoms with E-state index in [0.717, 1.165) is 12.8 Å². The highest BCUT2D eigenvalue weighted by atomic mass is 32.1. The van der Waals surface area contributed by atoms with Crippen LogP contribution in [0.25, 0.3) is 0 Å². The van der Waals surface area contributed by atoms with E-state index in [-0.39, 0.29) is 6.04 Å². The molecule has 0 aromatic carbocycles. The molecule has 3 heteroatoms. The first-order valence-corrected chi connectivity index (χ1v) is 4.76. The highest BCUT2D eigenvalue weighted by Gasteiger charge is 2.03. The highest BCUT2D eigenvalue weighted by molar-refractivity contribution is 7.11. The maximum atomic E-state index is 5.69. The molecule has 0 aliphatic heterocycles. The maximum absolute atomic E-state index is 5.69.